The van der Waals surface area contributed by atoms with Gasteiger partial charge in [-0.05, 0) is 25.1 Å². The van der Waals surface area contributed by atoms with Gasteiger partial charge in [0.25, 0.3) is 0 Å². The largest absolute Gasteiger partial charge is 0.341 e. The molecule has 1 aromatic carbocycles. The predicted molar refractivity (Wildman–Crippen MR) is 72.0 cm³/mol. The van der Waals surface area contributed by atoms with E-state index in [9.17, 15) is 9.59 Å². The molecule has 0 spiro atoms. The second-order valence-corrected chi connectivity index (χ2v) is 4.14. The highest BCUT2D eigenvalue weighted by atomic mass is 35.5. The van der Waals surface area contributed by atoms with Crippen molar-refractivity contribution in [1.82, 2.24) is 5.01 Å². The van der Waals surface area contributed by atoms with Gasteiger partial charge in [0.1, 0.15) is 5.71 Å². The highest BCUT2D eigenvalue weighted by Crippen LogP contribution is 2.15. The number of nitrogens with zero attached hydrogens (tertiary/aromatic N) is 2. The first-order valence-electron chi connectivity index (χ1n) is 5.26. The number of hydrogen-bond donors (Lipinski definition) is 1. The van der Waals surface area contributed by atoms with Gasteiger partial charge < -0.3 is 5.32 Å². The average molecular weight is 268 g/mol. The van der Waals surface area contributed by atoms with Gasteiger partial charge in [-0.3, -0.25) is 4.79 Å². The lowest BCUT2D eigenvalue weighted by molar-refractivity contribution is -0.111. The molecule has 0 bridgehead atoms. The summed E-state index contributed by atoms with van der Waals surface area (Å²) in [6.45, 7) is 2.94. The second kappa shape index (κ2) is 6.16. The van der Waals surface area contributed by atoms with Crippen LogP contribution in [-0.2, 0) is 4.79 Å². The van der Waals surface area contributed by atoms with Gasteiger partial charge in [0.2, 0.25) is 0 Å². The fourth-order valence-corrected chi connectivity index (χ4v) is 1.30. The van der Waals surface area contributed by atoms with E-state index in [4.69, 9.17) is 11.6 Å². The SMILES string of the molecule is CC(=O)/C(C)=N/N(C)C(=O)Nc1cccc(Cl)c1. The van der Waals surface area contributed by atoms with Gasteiger partial charge >= 0.3 is 6.03 Å². The third-order valence-corrected chi connectivity index (χ3v) is 2.41. The number of halogens is 1. The number of rotatable bonds is 3. The maximum atomic E-state index is 11.7. The van der Waals surface area contributed by atoms with E-state index in [1.165, 1.54) is 14.0 Å². The van der Waals surface area contributed by atoms with Crippen molar-refractivity contribution < 1.29 is 9.59 Å². The van der Waals surface area contributed by atoms with Crippen molar-refractivity contribution in [3.05, 3.63) is 29.3 Å². The lowest BCUT2D eigenvalue weighted by Crippen LogP contribution is -2.28. The summed E-state index contributed by atoms with van der Waals surface area (Å²) >= 11 is 5.80. The van der Waals surface area contributed by atoms with E-state index in [1.54, 1.807) is 31.2 Å². The van der Waals surface area contributed by atoms with Crippen LogP contribution in [-0.4, -0.2) is 29.6 Å². The summed E-state index contributed by atoms with van der Waals surface area (Å²) in [7, 11) is 1.46. The fraction of sp³-hybridized carbons (Fsp3) is 0.250. The molecule has 0 aromatic heterocycles. The molecular weight excluding hydrogens is 254 g/mol. The average Bonchev–Trinajstić information content (AvgIpc) is 2.28. The van der Waals surface area contributed by atoms with E-state index in [0.29, 0.717) is 10.7 Å². The van der Waals surface area contributed by atoms with Gasteiger partial charge in [0, 0.05) is 24.7 Å². The summed E-state index contributed by atoms with van der Waals surface area (Å²) in [6.07, 6.45) is 0. The first-order chi connectivity index (χ1) is 8.40. The van der Waals surface area contributed by atoms with Gasteiger partial charge in [0.05, 0.1) is 0 Å². The summed E-state index contributed by atoms with van der Waals surface area (Å²) in [6, 6.07) is 6.31. The van der Waals surface area contributed by atoms with Gasteiger partial charge in [0.15, 0.2) is 5.78 Å². The van der Waals surface area contributed by atoms with Crippen LogP contribution in [0.15, 0.2) is 29.4 Å². The topological polar surface area (TPSA) is 61.8 Å². The van der Waals surface area contributed by atoms with Gasteiger partial charge in [-0.1, -0.05) is 17.7 Å². The van der Waals surface area contributed by atoms with Crippen LogP contribution in [0.4, 0.5) is 10.5 Å². The number of anilines is 1. The minimum absolute atomic E-state index is 0.183. The second-order valence-electron chi connectivity index (χ2n) is 3.71. The number of ketones is 1. The van der Waals surface area contributed by atoms with Crippen LogP contribution in [0.3, 0.4) is 0 Å². The molecule has 0 aliphatic heterocycles. The predicted octanol–water partition coefficient (Wildman–Crippen LogP) is 2.77. The third-order valence-electron chi connectivity index (χ3n) is 2.18. The third kappa shape index (κ3) is 4.18. The number of carbonyl (C=O) groups is 2. The number of nitrogens with one attached hydrogen (secondary N) is 1. The van der Waals surface area contributed by atoms with Crippen molar-refractivity contribution in [2.75, 3.05) is 12.4 Å². The number of benzene rings is 1. The highest BCUT2D eigenvalue weighted by molar-refractivity contribution is 6.38. The zero-order chi connectivity index (χ0) is 13.7. The summed E-state index contributed by atoms with van der Waals surface area (Å²) in [5, 5.41) is 8.06. The van der Waals surface area contributed by atoms with Crippen molar-refractivity contribution >= 4 is 34.8 Å². The Labute approximate surface area is 110 Å². The zero-order valence-electron chi connectivity index (χ0n) is 10.4. The van der Waals surface area contributed by atoms with Crippen LogP contribution >= 0.6 is 11.6 Å². The number of hydrazone groups is 1. The fourth-order valence-electron chi connectivity index (χ4n) is 1.11. The number of Topliss-reactive ketones (excluding diaryl/α,β-unsaturated/α-hetero) is 1. The molecular formula is C12H14ClN3O2. The molecule has 96 valence electrons. The maximum absolute atomic E-state index is 11.7. The lowest BCUT2D eigenvalue weighted by Gasteiger charge is -2.13. The van der Waals surface area contributed by atoms with Crippen molar-refractivity contribution in [3.8, 4) is 0 Å². The molecule has 2 amide bonds. The minimum Gasteiger partial charge on any atom is -0.306 e. The summed E-state index contributed by atoms with van der Waals surface area (Å²) in [5.41, 5.74) is 0.828. The van der Waals surface area contributed by atoms with Crippen LogP contribution in [0, 0.1) is 0 Å². The minimum atomic E-state index is -0.446. The molecule has 0 aliphatic rings. The molecule has 0 fully saturated rings. The van der Waals surface area contributed by atoms with E-state index in [2.05, 4.69) is 10.4 Å². The molecule has 18 heavy (non-hydrogen) atoms. The lowest BCUT2D eigenvalue weighted by atomic mass is 10.3. The first-order valence-corrected chi connectivity index (χ1v) is 5.64. The number of urea groups is 1. The van der Waals surface area contributed by atoms with Crippen LogP contribution < -0.4 is 5.32 Å². The van der Waals surface area contributed by atoms with E-state index in [-0.39, 0.29) is 11.5 Å². The smallest absolute Gasteiger partial charge is 0.306 e. The van der Waals surface area contributed by atoms with Crippen LogP contribution in [0.2, 0.25) is 5.02 Å². The van der Waals surface area contributed by atoms with E-state index >= 15 is 0 Å². The molecule has 1 rings (SSSR count). The zero-order valence-corrected chi connectivity index (χ0v) is 11.2. The van der Waals surface area contributed by atoms with Crippen LogP contribution in [0.25, 0.3) is 0 Å². The molecule has 0 radical (unpaired) electrons. The molecule has 1 N–H and O–H groups in total. The molecule has 0 aliphatic carbocycles. The monoisotopic (exact) mass is 267 g/mol. The van der Waals surface area contributed by atoms with Crippen molar-refractivity contribution in [3.63, 3.8) is 0 Å². The molecule has 0 unspecified atom stereocenters. The number of carbonyl (C=O) groups excluding carboxylic acids is 2. The maximum Gasteiger partial charge on any atom is 0.341 e. The number of amides is 2. The Kier molecular flexibility index (Phi) is 4.85. The van der Waals surface area contributed by atoms with Crippen molar-refractivity contribution in [1.29, 1.82) is 0 Å². The Hall–Kier alpha value is -1.88. The molecule has 5 nitrogen and oxygen atoms in total. The van der Waals surface area contributed by atoms with Gasteiger partial charge in [-0.2, -0.15) is 5.10 Å². The van der Waals surface area contributed by atoms with Crippen molar-refractivity contribution in [2.24, 2.45) is 5.10 Å². The normalized spacial score (nSPS) is 11.0. The first kappa shape index (κ1) is 14.2. The van der Waals surface area contributed by atoms with E-state index < -0.39 is 6.03 Å². The summed E-state index contributed by atoms with van der Waals surface area (Å²) in [5.74, 6) is -0.183. The summed E-state index contributed by atoms with van der Waals surface area (Å²) in [4.78, 5) is 22.7. The molecule has 0 saturated carbocycles. The van der Waals surface area contributed by atoms with Gasteiger partial charge in [-0.25, -0.2) is 9.80 Å². The molecule has 0 saturated heterocycles. The molecule has 1 aromatic rings. The quantitative estimate of drug-likeness (QED) is 0.676. The van der Waals surface area contributed by atoms with Crippen LogP contribution in [0.5, 0.6) is 0 Å². The summed E-state index contributed by atoms with van der Waals surface area (Å²) < 4.78 is 0. The Bertz CT molecular complexity index is 500. The number of hydrogen-bond acceptors (Lipinski definition) is 3. The Morgan fingerprint density at radius 1 is 1.33 bits per heavy atom. The molecule has 0 heterocycles. The van der Waals surface area contributed by atoms with Crippen LogP contribution in [0.1, 0.15) is 13.8 Å². The van der Waals surface area contributed by atoms with Gasteiger partial charge in [-0.15, -0.1) is 0 Å². The highest BCUT2D eigenvalue weighted by Gasteiger charge is 2.09. The molecule has 0 atom stereocenters. The van der Waals surface area contributed by atoms with Crippen molar-refractivity contribution in [2.45, 2.75) is 13.8 Å². The standard InChI is InChI=1S/C12H14ClN3O2/c1-8(9(2)17)15-16(3)12(18)14-11-6-4-5-10(13)7-11/h4-7H,1-3H3,(H,14,18)/b15-8+. The van der Waals surface area contributed by atoms with E-state index in [0.717, 1.165) is 5.01 Å². The molecule has 6 heteroatoms. The Morgan fingerprint density at radius 3 is 2.56 bits per heavy atom. The Morgan fingerprint density at radius 2 is 2.00 bits per heavy atom. The van der Waals surface area contributed by atoms with E-state index in [1.807, 2.05) is 0 Å². The Balaban J connectivity index is 2.71.